The third-order valence-corrected chi connectivity index (χ3v) is 8.80. The van der Waals surface area contributed by atoms with Crippen LogP contribution in [0, 0.1) is 5.92 Å². The Morgan fingerprint density at radius 2 is 1.57 bits per heavy atom. The molecule has 0 saturated carbocycles. The number of benzene rings is 2. The summed E-state index contributed by atoms with van der Waals surface area (Å²) < 4.78 is 91.0. The minimum atomic E-state index is -5.79. The molecule has 0 bridgehead atoms. The molecule has 0 radical (unpaired) electrons. The fraction of sp³-hybridized carbons (Fsp3) is 0.556. The first kappa shape index (κ1) is 39.7. The Kier molecular flexibility index (Phi) is 14.9. The van der Waals surface area contributed by atoms with Gasteiger partial charge < -0.3 is 28.8 Å². The summed E-state index contributed by atoms with van der Waals surface area (Å²) in [6, 6.07) is 13.7. The molecule has 1 aliphatic heterocycles. The van der Waals surface area contributed by atoms with Gasteiger partial charge in [-0.15, -0.1) is 0 Å². The largest absolute Gasteiger partial charge is 0.492 e. The number of hydrogen-bond acceptors (Lipinski definition) is 7. The highest BCUT2D eigenvalue weighted by Gasteiger charge is 2.57. The van der Waals surface area contributed by atoms with Crippen molar-refractivity contribution in [3.63, 3.8) is 0 Å². The summed E-state index contributed by atoms with van der Waals surface area (Å²) in [6.07, 6.45) is -0.632. The number of aliphatic carboxylic acids is 1. The minimum absolute atomic E-state index is 0.0660. The molecule has 1 N–H and O–H groups in total. The summed E-state index contributed by atoms with van der Waals surface area (Å²) >= 11 is 0. The van der Waals surface area contributed by atoms with Gasteiger partial charge in [0.05, 0.1) is 6.61 Å². The Morgan fingerprint density at radius 3 is 2.20 bits per heavy atom. The van der Waals surface area contributed by atoms with Crippen LogP contribution in [-0.2, 0) is 24.5 Å². The van der Waals surface area contributed by atoms with Crippen molar-refractivity contribution >= 4 is 11.8 Å². The zero-order valence-electron chi connectivity index (χ0n) is 28.0. The number of fused-ring (bicyclic) bond motifs is 1. The molecule has 1 heterocycles. The summed E-state index contributed by atoms with van der Waals surface area (Å²) in [5.41, 5.74) is 1.77. The zero-order chi connectivity index (χ0) is 36.1. The molecule has 0 aromatic heterocycles. The number of alkyl halides is 5. The van der Waals surface area contributed by atoms with Crippen LogP contribution in [0.2, 0.25) is 0 Å². The van der Waals surface area contributed by atoms with Gasteiger partial charge in [0.15, 0.2) is 13.6 Å². The number of hydrogen-bond donors (Lipinski definition) is 1. The number of carbonyl (C=O) groups is 2. The van der Waals surface area contributed by atoms with Gasteiger partial charge in [-0.05, 0) is 55.0 Å². The van der Waals surface area contributed by atoms with Crippen LogP contribution in [0.5, 0.6) is 17.2 Å². The van der Waals surface area contributed by atoms with E-state index in [1.807, 2.05) is 42.5 Å². The monoisotopic (exact) mass is 700 g/mol. The third kappa shape index (κ3) is 11.1. The van der Waals surface area contributed by atoms with Crippen LogP contribution in [0.15, 0.2) is 54.6 Å². The molecule has 8 nitrogen and oxygen atoms in total. The van der Waals surface area contributed by atoms with Crippen molar-refractivity contribution in [2.24, 2.45) is 5.92 Å². The van der Waals surface area contributed by atoms with Crippen LogP contribution in [0.1, 0.15) is 81.8 Å². The number of unbranched alkanes of at least 4 members (excludes halogenated alkanes) is 4. The van der Waals surface area contributed by atoms with Gasteiger partial charge in [0.2, 0.25) is 0 Å². The predicted molar refractivity (Wildman–Crippen MR) is 171 cm³/mol. The van der Waals surface area contributed by atoms with Crippen molar-refractivity contribution in [1.29, 1.82) is 0 Å². The molecule has 0 saturated heterocycles. The summed E-state index contributed by atoms with van der Waals surface area (Å²) in [7, 11) is 3.11. The summed E-state index contributed by atoms with van der Waals surface area (Å²) in [5.74, 6) is -7.13. The Bertz CT molecular complexity index is 1380. The maximum atomic E-state index is 13.2. The number of methoxy groups -OCH3 is 2. The molecule has 0 fully saturated rings. The van der Waals surface area contributed by atoms with Crippen molar-refractivity contribution in [2.75, 3.05) is 34.4 Å². The normalized spacial score (nSPS) is 18.5. The van der Waals surface area contributed by atoms with Crippen LogP contribution in [0.3, 0.4) is 0 Å². The van der Waals surface area contributed by atoms with E-state index in [-0.39, 0.29) is 31.3 Å². The van der Waals surface area contributed by atoms with Crippen LogP contribution in [-0.4, -0.2) is 63.4 Å². The van der Waals surface area contributed by atoms with Gasteiger partial charge in [0.1, 0.15) is 28.9 Å². The number of carboxylic acid groups (broad SMARTS) is 1. The lowest BCUT2D eigenvalue weighted by Gasteiger charge is -2.42. The number of rotatable bonds is 21. The van der Waals surface area contributed by atoms with Gasteiger partial charge in [-0.3, -0.25) is 9.59 Å². The highest BCUT2D eigenvalue weighted by atomic mass is 19.4. The molecule has 0 amide bonds. The van der Waals surface area contributed by atoms with Crippen molar-refractivity contribution in [3.8, 4) is 17.2 Å². The summed E-state index contributed by atoms with van der Waals surface area (Å²) in [6.45, 7) is 2.88. The van der Waals surface area contributed by atoms with Crippen molar-refractivity contribution < 1.29 is 60.3 Å². The molecule has 0 aliphatic carbocycles. The standard InChI is InChI=1S/C36H45F5O8/c1-34(25-13-15-26(16-14-25)48-23-45-2)22-47-32-21-27(49-24-46-3)17-18-28(32)30(34)12-10-8-6-4-5-7-9-11-29(33(43)44)31(42)19-20-35(37,38)36(39,40)41/h8,10,13-18,21,29-30H,4-7,9,11-12,19-20,22-24H2,1-3H3,(H,43,44)/b10-8+. The first-order valence-electron chi connectivity index (χ1n) is 16.2. The van der Waals surface area contributed by atoms with Gasteiger partial charge in [0.25, 0.3) is 0 Å². The van der Waals surface area contributed by atoms with Gasteiger partial charge in [-0.25, -0.2) is 0 Å². The molecule has 3 unspecified atom stereocenters. The lowest BCUT2D eigenvalue weighted by atomic mass is 9.66. The van der Waals surface area contributed by atoms with Gasteiger partial charge in [0, 0.05) is 44.5 Å². The molecule has 49 heavy (non-hydrogen) atoms. The number of ether oxygens (including phenoxy) is 5. The molecule has 0 spiro atoms. The molecular weight excluding hydrogens is 655 g/mol. The molecular formula is C36H45F5O8. The van der Waals surface area contributed by atoms with E-state index in [0.29, 0.717) is 30.9 Å². The lowest BCUT2D eigenvalue weighted by Crippen LogP contribution is -2.40. The molecule has 2 aromatic rings. The van der Waals surface area contributed by atoms with Crippen molar-refractivity contribution in [2.45, 2.75) is 88.1 Å². The molecule has 3 atom stereocenters. The first-order valence-corrected chi connectivity index (χ1v) is 16.2. The quantitative estimate of drug-likeness (QED) is 0.0455. The molecule has 1 aliphatic rings. The highest BCUT2D eigenvalue weighted by molar-refractivity contribution is 5.98. The Morgan fingerprint density at radius 1 is 0.939 bits per heavy atom. The van der Waals surface area contributed by atoms with Crippen LogP contribution in [0.4, 0.5) is 22.0 Å². The van der Waals surface area contributed by atoms with Crippen LogP contribution < -0.4 is 14.2 Å². The summed E-state index contributed by atoms with van der Waals surface area (Å²) in [5, 5.41) is 9.33. The number of Topliss-reactive ketones (excluding diaryl/α,β-unsaturated/α-hetero) is 1. The fourth-order valence-electron chi connectivity index (χ4n) is 5.88. The smallest absolute Gasteiger partial charge is 0.453 e. The SMILES string of the molecule is COCOc1ccc(C2(C)COc3cc(OCOC)ccc3C2C/C=C/CCCCCCC(C(=O)O)C(=O)CCC(F)(F)C(F)(F)F)cc1. The van der Waals surface area contributed by atoms with Crippen LogP contribution in [0.25, 0.3) is 0 Å². The Labute approximate surface area is 283 Å². The van der Waals surface area contributed by atoms with E-state index in [0.717, 1.165) is 42.6 Å². The second-order valence-electron chi connectivity index (χ2n) is 12.3. The molecule has 2 aromatic carbocycles. The van der Waals surface area contributed by atoms with E-state index in [4.69, 9.17) is 23.7 Å². The number of carboxylic acids is 1. The van der Waals surface area contributed by atoms with Crippen molar-refractivity contribution in [1.82, 2.24) is 0 Å². The average molecular weight is 701 g/mol. The second kappa shape index (κ2) is 18.3. The predicted octanol–water partition coefficient (Wildman–Crippen LogP) is 8.62. The van der Waals surface area contributed by atoms with E-state index in [9.17, 15) is 36.6 Å². The van der Waals surface area contributed by atoms with E-state index in [1.165, 1.54) is 0 Å². The molecule has 13 heteroatoms. The third-order valence-electron chi connectivity index (χ3n) is 8.80. The number of ketones is 1. The van der Waals surface area contributed by atoms with Gasteiger partial charge in [-0.1, -0.05) is 56.5 Å². The maximum Gasteiger partial charge on any atom is 0.453 e. The van der Waals surface area contributed by atoms with E-state index in [1.54, 1.807) is 14.2 Å². The second-order valence-corrected chi connectivity index (χ2v) is 12.3. The number of halogens is 5. The van der Waals surface area contributed by atoms with Crippen molar-refractivity contribution in [3.05, 3.63) is 65.7 Å². The first-order chi connectivity index (χ1) is 23.2. The van der Waals surface area contributed by atoms with Crippen LogP contribution >= 0.6 is 0 Å². The summed E-state index contributed by atoms with van der Waals surface area (Å²) in [4.78, 5) is 23.6. The maximum absolute atomic E-state index is 13.2. The van der Waals surface area contributed by atoms with E-state index >= 15 is 0 Å². The molecule has 272 valence electrons. The zero-order valence-corrected chi connectivity index (χ0v) is 28.0. The Balaban J connectivity index is 1.56. The highest BCUT2D eigenvalue weighted by Crippen LogP contribution is 2.49. The molecule has 3 rings (SSSR count). The van der Waals surface area contributed by atoms with E-state index in [2.05, 4.69) is 19.1 Å². The van der Waals surface area contributed by atoms with Gasteiger partial charge in [-0.2, -0.15) is 22.0 Å². The number of allylic oxidation sites excluding steroid dienone is 2. The van der Waals surface area contributed by atoms with E-state index < -0.39 is 42.6 Å². The minimum Gasteiger partial charge on any atom is -0.492 e. The average Bonchev–Trinajstić information content (AvgIpc) is 3.06. The fourth-order valence-corrected chi connectivity index (χ4v) is 5.88. The number of carbonyl (C=O) groups excluding carboxylic acids is 1. The topological polar surface area (TPSA) is 101 Å². The lowest BCUT2D eigenvalue weighted by molar-refractivity contribution is -0.284. The Hall–Kier alpha value is -3.71. The van der Waals surface area contributed by atoms with Gasteiger partial charge >= 0.3 is 18.1 Å².